The van der Waals surface area contributed by atoms with Gasteiger partial charge >= 0.3 is 5.97 Å². The number of fused-ring (bicyclic) bond motifs is 7. The van der Waals surface area contributed by atoms with Gasteiger partial charge < -0.3 is 5.11 Å². The minimum atomic E-state index is -0.693. The van der Waals surface area contributed by atoms with Gasteiger partial charge in [0.25, 0.3) is 0 Å². The lowest BCUT2D eigenvalue weighted by atomic mass is 9.34. The fourth-order valence-corrected chi connectivity index (χ4v) is 10.1. The van der Waals surface area contributed by atoms with E-state index < -0.39 is 11.4 Å². The fourth-order valence-electron chi connectivity index (χ4n) is 10.1. The van der Waals surface area contributed by atoms with Gasteiger partial charge in [-0.15, -0.1) is 0 Å². The summed E-state index contributed by atoms with van der Waals surface area (Å²) in [5.41, 5.74) is 0.458. The Morgan fingerprint density at radius 1 is 0.970 bits per heavy atom. The first-order valence-electron chi connectivity index (χ1n) is 13.3. The van der Waals surface area contributed by atoms with Crippen LogP contribution in [0.25, 0.3) is 0 Å². The summed E-state index contributed by atoms with van der Waals surface area (Å²) in [6, 6.07) is 0. The quantitative estimate of drug-likeness (QED) is 0.427. The Balaban J connectivity index is 1.67. The van der Waals surface area contributed by atoms with Crippen LogP contribution in [0.3, 0.4) is 0 Å². The first-order valence-corrected chi connectivity index (χ1v) is 13.3. The Bertz CT molecular complexity index is 969. The lowest BCUT2D eigenvalue weighted by molar-refractivity contribution is -0.181. The van der Waals surface area contributed by atoms with Crippen LogP contribution in [0.1, 0.15) is 99.8 Å². The summed E-state index contributed by atoms with van der Waals surface area (Å²) in [7, 11) is 0. The van der Waals surface area contributed by atoms with Crippen LogP contribution in [0.5, 0.6) is 0 Å². The van der Waals surface area contributed by atoms with E-state index in [-0.39, 0.29) is 44.7 Å². The maximum Gasteiger partial charge on any atom is 0.310 e. The Hall–Kier alpha value is -1.38. The normalized spacial score (nSPS) is 49.7. The van der Waals surface area contributed by atoms with Gasteiger partial charge in [0, 0.05) is 5.92 Å². The molecule has 0 radical (unpaired) electrons. The molecule has 0 aromatic rings. The van der Waals surface area contributed by atoms with Gasteiger partial charge in [-0.3, -0.25) is 9.59 Å². The topological polar surface area (TPSA) is 54.4 Å². The number of carbonyl (C=O) groups is 2. The largest absolute Gasteiger partial charge is 0.481 e. The Morgan fingerprint density at radius 2 is 1.64 bits per heavy atom. The first kappa shape index (κ1) is 23.4. The second kappa shape index (κ2) is 6.64. The van der Waals surface area contributed by atoms with Gasteiger partial charge in [-0.2, -0.15) is 0 Å². The average Bonchev–Trinajstić information content (AvgIpc) is 2.68. The highest BCUT2D eigenvalue weighted by atomic mass is 16.4. The van der Waals surface area contributed by atoms with E-state index in [2.05, 4.69) is 60.6 Å². The van der Waals surface area contributed by atoms with Crippen molar-refractivity contribution < 1.29 is 14.7 Å². The van der Waals surface area contributed by atoms with Gasteiger partial charge in [0.1, 0.15) is 0 Å². The molecule has 7 atom stereocenters. The SMILES string of the molecule is CC1(C)CC[C@]2(C(=O)O)CC[C@]3(C)C(=CC(=O)C4[C@@]5(C)CC=CC(C)(C)C5CC[C@]43C)C2C1. The van der Waals surface area contributed by atoms with Crippen LogP contribution < -0.4 is 0 Å². The van der Waals surface area contributed by atoms with E-state index in [1.54, 1.807) is 0 Å². The molecule has 5 rings (SSSR count). The van der Waals surface area contributed by atoms with Crippen LogP contribution in [0.15, 0.2) is 23.8 Å². The van der Waals surface area contributed by atoms with Gasteiger partial charge in [-0.05, 0) is 96.4 Å². The number of allylic oxidation sites excluding steroid dienone is 4. The van der Waals surface area contributed by atoms with Crippen molar-refractivity contribution in [2.24, 2.45) is 50.2 Å². The molecule has 5 aliphatic carbocycles. The number of carboxylic acids is 1. The Kier molecular flexibility index (Phi) is 4.70. The fraction of sp³-hybridized carbons (Fsp3) is 0.800. The molecule has 3 fully saturated rings. The summed E-state index contributed by atoms with van der Waals surface area (Å²) in [5, 5.41) is 10.5. The van der Waals surface area contributed by atoms with Crippen molar-refractivity contribution in [2.45, 2.75) is 99.8 Å². The molecule has 0 spiro atoms. The molecule has 0 aromatic heterocycles. The molecule has 1 N–H and O–H groups in total. The number of carbonyl (C=O) groups excluding carboxylic acids is 1. The van der Waals surface area contributed by atoms with E-state index in [9.17, 15) is 14.7 Å². The van der Waals surface area contributed by atoms with Crippen LogP contribution in [-0.4, -0.2) is 16.9 Å². The number of rotatable bonds is 1. The highest BCUT2D eigenvalue weighted by molar-refractivity contribution is 5.96. The zero-order valence-corrected chi connectivity index (χ0v) is 21.9. The maximum atomic E-state index is 14.2. The van der Waals surface area contributed by atoms with E-state index >= 15 is 0 Å². The van der Waals surface area contributed by atoms with Crippen molar-refractivity contribution in [3.63, 3.8) is 0 Å². The van der Waals surface area contributed by atoms with Crippen molar-refractivity contribution in [1.82, 2.24) is 0 Å². The summed E-state index contributed by atoms with van der Waals surface area (Å²) >= 11 is 0. The molecule has 3 saturated carbocycles. The summed E-state index contributed by atoms with van der Waals surface area (Å²) in [6.07, 6.45) is 14.1. The number of hydrogen-bond acceptors (Lipinski definition) is 2. The number of carboxylic acid groups (broad SMARTS) is 1. The molecule has 0 heterocycles. The summed E-state index contributed by atoms with van der Waals surface area (Å²) in [6.45, 7) is 16.4. The zero-order valence-electron chi connectivity index (χ0n) is 21.9. The minimum absolute atomic E-state index is 0.00986. The highest BCUT2D eigenvalue weighted by Gasteiger charge is 2.70. The van der Waals surface area contributed by atoms with Crippen LogP contribution in [0.4, 0.5) is 0 Å². The van der Waals surface area contributed by atoms with Crippen molar-refractivity contribution in [3.05, 3.63) is 23.8 Å². The standard InChI is InChI=1S/C30H44O3/c1-25(2)13-15-30(24(32)33)16-14-28(6)19(20(30)18-25)17-21(31)23-27(5)11-8-10-26(3,4)22(27)9-12-29(23,28)7/h8,10,17,20,22-23H,9,11-16,18H2,1-7H3,(H,32,33)/t20?,22?,23?,27-,28+,29+,30-/m0/s1. The predicted octanol–water partition coefficient (Wildman–Crippen LogP) is 7.22. The molecular weight excluding hydrogens is 408 g/mol. The van der Waals surface area contributed by atoms with Crippen molar-refractivity contribution in [3.8, 4) is 0 Å². The van der Waals surface area contributed by atoms with Gasteiger partial charge in [0.2, 0.25) is 0 Å². The van der Waals surface area contributed by atoms with Crippen LogP contribution in [0.2, 0.25) is 0 Å². The highest BCUT2D eigenvalue weighted by Crippen LogP contribution is 2.74. The third-order valence-corrected chi connectivity index (χ3v) is 12.1. The van der Waals surface area contributed by atoms with E-state index in [1.165, 1.54) is 5.57 Å². The van der Waals surface area contributed by atoms with E-state index in [0.29, 0.717) is 5.92 Å². The molecule has 3 nitrogen and oxygen atoms in total. The molecule has 0 bridgehead atoms. The number of ketones is 1. The molecule has 0 aromatic carbocycles. The molecule has 3 unspecified atom stereocenters. The zero-order chi connectivity index (χ0) is 24.2. The molecule has 5 aliphatic rings. The molecule has 3 heteroatoms. The minimum Gasteiger partial charge on any atom is -0.481 e. The van der Waals surface area contributed by atoms with E-state index in [1.807, 2.05) is 6.08 Å². The molecule has 0 saturated heterocycles. The predicted molar refractivity (Wildman–Crippen MR) is 132 cm³/mol. The second-order valence-electron chi connectivity index (χ2n) is 14.6. The monoisotopic (exact) mass is 452 g/mol. The average molecular weight is 453 g/mol. The molecule has 182 valence electrons. The third kappa shape index (κ3) is 2.80. The summed E-state index contributed by atoms with van der Waals surface area (Å²) in [5.74, 6) is 0.141. The van der Waals surface area contributed by atoms with Crippen molar-refractivity contribution >= 4 is 11.8 Å². The van der Waals surface area contributed by atoms with E-state index in [0.717, 1.165) is 51.4 Å². The smallest absolute Gasteiger partial charge is 0.310 e. The third-order valence-electron chi connectivity index (χ3n) is 12.1. The molecule has 0 amide bonds. The lowest BCUT2D eigenvalue weighted by Gasteiger charge is -2.69. The van der Waals surface area contributed by atoms with Gasteiger partial charge in [0.05, 0.1) is 5.41 Å². The number of aliphatic carboxylic acids is 1. The van der Waals surface area contributed by atoms with E-state index in [4.69, 9.17) is 0 Å². The molecule has 0 aliphatic heterocycles. The summed E-state index contributed by atoms with van der Waals surface area (Å²) in [4.78, 5) is 26.9. The van der Waals surface area contributed by atoms with Crippen LogP contribution >= 0.6 is 0 Å². The van der Waals surface area contributed by atoms with Crippen molar-refractivity contribution in [2.75, 3.05) is 0 Å². The van der Waals surface area contributed by atoms with Gasteiger partial charge in [-0.1, -0.05) is 66.2 Å². The van der Waals surface area contributed by atoms with Gasteiger partial charge in [0.15, 0.2) is 5.78 Å². The Labute approximate surface area is 200 Å². The molecule has 33 heavy (non-hydrogen) atoms. The molecular formula is C30H44O3. The summed E-state index contributed by atoms with van der Waals surface area (Å²) < 4.78 is 0. The van der Waals surface area contributed by atoms with Crippen LogP contribution in [-0.2, 0) is 9.59 Å². The maximum absolute atomic E-state index is 14.2. The first-order chi connectivity index (χ1) is 15.1. The number of hydrogen-bond donors (Lipinski definition) is 1. The van der Waals surface area contributed by atoms with Crippen LogP contribution in [0, 0.1) is 50.2 Å². The van der Waals surface area contributed by atoms with Crippen molar-refractivity contribution in [1.29, 1.82) is 0 Å². The van der Waals surface area contributed by atoms with Gasteiger partial charge in [-0.25, -0.2) is 0 Å². The lowest BCUT2D eigenvalue weighted by Crippen LogP contribution is -2.65. The second-order valence-corrected chi connectivity index (χ2v) is 14.6. The Morgan fingerprint density at radius 3 is 2.30 bits per heavy atom.